The zero-order valence-electron chi connectivity index (χ0n) is 13.8. The summed E-state index contributed by atoms with van der Waals surface area (Å²) >= 11 is 0. The maximum atomic E-state index is 10.8. The molecule has 0 aromatic heterocycles. The van der Waals surface area contributed by atoms with Crippen LogP contribution in [0.15, 0.2) is 48.5 Å². The van der Waals surface area contributed by atoms with E-state index < -0.39 is 5.97 Å². The van der Waals surface area contributed by atoms with Crippen LogP contribution < -0.4 is 9.64 Å². The number of para-hydroxylation sites is 3. The second-order valence-corrected chi connectivity index (χ2v) is 6.02. The molecular formula is C19H22N2O3. The quantitative estimate of drug-likeness (QED) is 0.884. The molecule has 0 atom stereocenters. The van der Waals surface area contributed by atoms with Gasteiger partial charge in [0.2, 0.25) is 0 Å². The number of hydrogen-bond donors (Lipinski definition) is 1. The molecule has 0 bridgehead atoms. The highest BCUT2D eigenvalue weighted by Gasteiger charge is 2.20. The summed E-state index contributed by atoms with van der Waals surface area (Å²) in [7, 11) is 1.83. The summed E-state index contributed by atoms with van der Waals surface area (Å²) in [5, 5.41) is 8.86. The van der Waals surface area contributed by atoms with E-state index in [2.05, 4.69) is 23.1 Å². The van der Waals surface area contributed by atoms with Crippen molar-refractivity contribution in [1.82, 2.24) is 4.90 Å². The highest BCUT2D eigenvalue weighted by atomic mass is 16.5. The van der Waals surface area contributed by atoms with Crippen LogP contribution >= 0.6 is 0 Å². The Morgan fingerprint density at radius 3 is 2.67 bits per heavy atom. The Balaban J connectivity index is 1.79. The van der Waals surface area contributed by atoms with E-state index >= 15 is 0 Å². The zero-order chi connectivity index (χ0) is 16.9. The SMILES string of the molecule is CN(CCCN1c2ccccc2COc2ccccc21)CC(=O)O. The first kappa shape index (κ1) is 16.3. The van der Waals surface area contributed by atoms with Crippen molar-refractivity contribution >= 4 is 17.3 Å². The number of ether oxygens (including phenoxy) is 1. The topological polar surface area (TPSA) is 53.0 Å². The van der Waals surface area contributed by atoms with E-state index in [1.54, 1.807) is 0 Å². The maximum absolute atomic E-state index is 10.8. The number of benzene rings is 2. The van der Waals surface area contributed by atoms with Crippen molar-refractivity contribution in [1.29, 1.82) is 0 Å². The lowest BCUT2D eigenvalue weighted by Crippen LogP contribution is -2.29. The molecule has 0 saturated carbocycles. The van der Waals surface area contributed by atoms with Gasteiger partial charge in [-0.2, -0.15) is 0 Å². The number of fused-ring (bicyclic) bond motifs is 2. The largest absolute Gasteiger partial charge is 0.487 e. The average molecular weight is 326 g/mol. The smallest absolute Gasteiger partial charge is 0.317 e. The lowest BCUT2D eigenvalue weighted by Gasteiger charge is -2.26. The third-order valence-electron chi connectivity index (χ3n) is 4.15. The van der Waals surface area contributed by atoms with Crippen LogP contribution in [0.25, 0.3) is 0 Å². The number of carboxylic acids is 1. The first-order chi connectivity index (χ1) is 11.6. The normalized spacial score (nSPS) is 13.0. The van der Waals surface area contributed by atoms with E-state index in [-0.39, 0.29) is 6.54 Å². The zero-order valence-corrected chi connectivity index (χ0v) is 13.8. The van der Waals surface area contributed by atoms with Gasteiger partial charge in [-0.25, -0.2) is 0 Å². The van der Waals surface area contributed by atoms with Gasteiger partial charge in [-0.3, -0.25) is 9.69 Å². The molecule has 5 nitrogen and oxygen atoms in total. The van der Waals surface area contributed by atoms with Crippen molar-refractivity contribution in [3.05, 3.63) is 54.1 Å². The lowest BCUT2D eigenvalue weighted by atomic mass is 10.1. The van der Waals surface area contributed by atoms with Gasteiger partial charge in [0.25, 0.3) is 0 Å². The molecule has 0 radical (unpaired) electrons. The van der Waals surface area contributed by atoms with Gasteiger partial charge >= 0.3 is 5.97 Å². The third kappa shape index (κ3) is 3.68. The maximum Gasteiger partial charge on any atom is 0.317 e. The first-order valence-electron chi connectivity index (χ1n) is 8.13. The van der Waals surface area contributed by atoms with Crippen molar-refractivity contribution < 1.29 is 14.6 Å². The number of carboxylic acid groups (broad SMARTS) is 1. The van der Waals surface area contributed by atoms with Crippen molar-refractivity contribution in [2.24, 2.45) is 0 Å². The molecule has 24 heavy (non-hydrogen) atoms. The molecule has 0 fully saturated rings. The second-order valence-electron chi connectivity index (χ2n) is 6.02. The molecule has 1 aliphatic heterocycles. The molecule has 2 aromatic carbocycles. The lowest BCUT2D eigenvalue weighted by molar-refractivity contribution is -0.137. The van der Waals surface area contributed by atoms with Crippen LogP contribution in [0.2, 0.25) is 0 Å². The van der Waals surface area contributed by atoms with Crippen molar-refractivity contribution in [2.75, 3.05) is 31.6 Å². The number of rotatable bonds is 6. The predicted octanol–water partition coefficient (Wildman–Crippen LogP) is 3.12. The summed E-state index contributed by atoms with van der Waals surface area (Å²) in [5.74, 6) is 0.0870. The second kappa shape index (κ2) is 7.36. The molecule has 0 unspecified atom stereocenters. The van der Waals surface area contributed by atoms with Crippen LogP contribution in [0, 0.1) is 0 Å². The Hall–Kier alpha value is -2.53. The van der Waals surface area contributed by atoms with Crippen LogP contribution in [0.3, 0.4) is 0 Å². The summed E-state index contributed by atoms with van der Waals surface area (Å²) in [6.45, 7) is 2.16. The van der Waals surface area contributed by atoms with Gasteiger partial charge in [0.15, 0.2) is 0 Å². The predicted molar refractivity (Wildman–Crippen MR) is 94.0 cm³/mol. The molecule has 126 valence electrons. The average Bonchev–Trinajstić information content (AvgIpc) is 2.72. The van der Waals surface area contributed by atoms with E-state index in [4.69, 9.17) is 9.84 Å². The third-order valence-corrected chi connectivity index (χ3v) is 4.15. The monoisotopic (exact) mass is 326 g/mol. The van der Waals surface area contributed by atoms with E-state index in [0.29, 0.717) is 6.61 Å². The first-order valence-corrected chi connectivity index (χ1v) is 8.13. The van der Waals surface area contributed by atoms with Crippen LogP contribution in [0.1, 0.15) is 12.0 Å². The van der Waals surface area contributed by atoms with E-state index in [0.717, 1.165) is 42.2 Å². The van der Waals surface area contributed by atoms with Gasteiger partial charge in [-0.1, -0.05) is 30.3 Å². The van der Waals surface area contributed by atoms with Crippen LogP contribution in [-0.4, -0.2) is 42.7 Å². The van der Waals surface area contributed by atoms with Gasteiger partial charge in [0, 0.05) is 24.3 Å². The summed E-state index contributed by atoms with van der Waals surface area (Å²) in [6, 6.07) is 16.3. The summed E-state index contributed by atoms with van der Waals surface area (Å²) in [6.07, 6.45) is 0.868. The van der Waals surface area contributed by atoms with Gasteiger partial charge in [0.05, 0.1) is 12.2 Å². The number of likely N-dealkylation sites (N-methyl/N-ethyl adjacent to an activating group) is 1. The number of nitrogens with zero attached hydrogens (tertiary/aromatic N) is 2. The molecule has 1 N–H and O–H groups in total. The minimum absolute atomic E-state index is 0.0658. The molecule has 5 heteroatoms. The van der Waals surface area contributed by atoms with E-state index in [1.807, 2.05) is 42.3 Å². The molecule has 0 spiro atoms. The molecule has 2 aromatic rings. The Bertz CT molecular complexity index is 670. The molecule has 0 amide bonds. The van der Waals surface area contributed by atoms with Gasteiger partial charge < -0.3 is 14.7 Å². The standard InChI is InChI=1S/C19H22N2O3/c1-20(13-19(22)23)11-6-12-21-16-8-3-2-7-15(16)14-24-18-10-5-4-9-17(18)21/h2-5,7-10H,6,11-14H2,1H3,(H,22,23). The number of anilines is 2. The van der Waals surface area contributed by atoms with Gasteiger partial charge in [-0.15, -0.1) is 0 Å². The van der Waals surface area contributed by atoms with Gasteiger partial charge in [0.1, 0.15) is 12.4 Å². The van der Waals surface area contributed by atoms with Gasteiger partial charge in [-0.05, 0) is 31.7 Å². The molecule has 0 saturated heterocycles. The molecular weight excluding hydrogens is 304 g/mol. The highest BCUT2D eigenvalue weighted by molar-refractivity contribution is 5.72. The molecule has 0 aliphatic carbocycles. The summed E-state index contributed by atoms with van der Waals surface area (Å²) in [4.78, 5) is 14.9. The Labute approximate surface area is 142 Å². The van der Waals surface area contributed by atoms with Crippen LogP contribution in [-0.2, 0) is 11.4 Å². The fraction of sp³-hybridized carbons (Fsp3) is 0.316. The van der Waals surface area contributed by atoms with Crippen molar-refractivity contribution in [2.45, 2.75) is 13.0 Å². The number of carbonyl (C=O) groups is 1. The Morgan fingerprint density at radius 2 is 1.88 bits per heavy atom. The fourth-order valence-electron chi connectivity index (χ4n) is 3.03. The minimum atomic E-state index is -0.795. The summed E-state index contributed by atoms with van der Waals surface area (Å²) < 4.78 is 5.96. The summed E-state index contributed by atoms with van der Waals surface area (Å²) in [5.41, 5.74) is 3.37. The van der Waals surface area contributed by atoms with Crippen molar-refractivity contribution in [3.8, 4) is 5.75 Å². The number of hydrogen-bond acceptors (Lipinski definition) is 4. The molecule has 1 heterocycles. The number of aliphatic carboxylic acids is 1. The Morgan fingerprint density at radius 1 is 1.17 bits per heavy atom. The Kier molecular flexibility index (Phi) is 5.01. The minimum Gasteiger partial charge on any atom is -0.487 e. The fourth-order valence-corrected chi connectivity index (χ4v) is 3.03. The highest BCUT2D eigenvalue weighted by Crippen LogP contribution is 2.39. The van der Waals surface area contributed by atoms with E-state index in [9.17, 15) is 4.79 Å². The molecule has 3 rings (SSSR count). The van der Waals surface area contributed by atoms with Crippen molar-refractivity contribution in [3.63, 3.8) is 0 Å². The molecule has 1 aliphatic rings. The van der Waals surface area contributed by atoms with Crippen LogP contribution in [0.4, 0.5) is 11.4 Å². The van der Waals surface area contributed by atoms with Crippen LogP contribution in [0.5, 0.6) is 5.75 Å². The van der Waals surface area contributed by atoms with E-state index in [1.165, 1.54) is 0 Å².